The van der Waals surface area contributed by atoms with Crippen molar-refractivity contribution in [3.63, 3.8) is 0 Å². The zero-order valence-electron chi connectivity index (χ0n) is 13.2. The van der Waals surface area contributed by atoms with Gasteiger partial charge in [-0.2, -0.15) is 0 Å². The molecule has 1 amide bonds. The Bertz CT molecular complexity index is 758. The minimum Gasteiger partial charge on any atom is -0.478 e. The number of aromatic carboxylic acids is 1. The van der Waals surface area contributed by atoms with E-state index in [1.54, 1.807) is 4.90 Å². The number of carbonyl (C=O) groups excluding carboxylic acids is 1. The van der Waals surface area contributed by atoms with Crippen molar-refractivity contribution >= 4 is 17.6 Å². The molecular weight excluding hydrogens is 294 g/mol. The zero-order valence-corrected chi connectivity index (χ0v) is 13.2. The van der Waals surface area contributed by atoms with Crippen LogP contribution in [0.2, 0.25) is 0 Å². The first-order valence-corrected chi connectivity index (χ1v) is 7.75. The summed E-state index contributed by atoms with van der Waals surface area (Å²) in [6, 6.07) is 9.18. The number of anilines is 1. The van der Waals surface area contributed by atoms with Crippen molar-refractivity contribution < 1.29 is 19.1 Å². The van der Waals surface area contributed by atoms with E-state index in [-0.39, 0.29) is 22.6 Å². The lowest BCUT2D eigenvalue weighted by Gasteiger charge is -2.27. The van der Waals surface area contributed by atoms with Crippen molar-refractivity contribution in [3.8, 4) is 0 Å². The smallest absolute Gasteiger partial charge is 0.338 e. The zero-order chi connectivity index (χ0) is 16.6. The number of hydrogen-bond donors (Lipinski definition) is 1. The van der Waals surface area contributed by atoms with Gasteiger partial charge in [-0.1, -0.05) is 32.0 Å². The van der Waals surface area contributed by atoms with Gasteiger partial charge in [-0.05, 0) is 24.5 Å². The van der Waals surface area contributed by atoms with Crippen LogP contribution >= 0.6 is 0 Å². The molecule has 0 unspecified atom stereocenters. The highest BCUT2D eigenvalue weighted by atomic mass is 16.4. The van der Waals surface area contributed by atoms with Crippen LogP contribution in [0.25, 0.3) is 0 Å². The summed E-state index contributed by atoms with van der Waals surface area (Å²) in [4.78, 5) is 25.5. The van der Waals surface area contributed by atoms with Crippen LogP contribution in [-0.4, -0.2) is 23.5 Å². The first-order chi connectivity index (χ1) is 11.0. The van der Waals surface area contributed by atoms with Gasteiger partial charge in [0.25, 0.3) is 5.91 Å². The molecule has 0 aliphatic carbocycles. The third-order valence-electron chi connectivity index (χ3n) is 4.88. The molecule has 0 fully saturated rings. The Kier molecular flexibility index (Phi) is 3.72. The predicted octanol–water partition coefficient (Wildman–Crippen LogP) is 3.70. The van der Waals surface area contributed by atoms with E-state index >= 15 is 0 Å². The molecule has 0 spiro atoms. The number of amides is 1. The Morgan fingerprint density at radius 1 is 1.26 bits per heavy atom. The van der Waals surface area contributed by atoms with Crippen LogP contribution in [0.1, 0.15) is 53.2 Å². The Morgan fingerprint density at radius 2 is 1.96 bits per heavy atom. The largest absolute Gasteiger partial charge is 0.478 e. The monoisotopic (exact) mass is 313 g/mol. The molecule has 23 heavy (non-hydrogen) atoms. The fraction of sp³-hybridized carbons (Fsp3) is 0.333. The van der Waals surface area contributed by atoms with E-state index in [0.717, 1.165) is 24.8 Å². The fourth-order valence-electron chi connectivity index (χ4n) is 3.36. The first kappa shape index (κ1) is 15.3. The minimum absolute atomic E-state index is 0.0157. The summed E-state index contributed by atoms with van der Waals surface area (Å²) >= 11 is 0. The molecule has 5 heteroatoms. The van der Waals surface area contributed by atoms with Crippen LogP contribution in [0.4, 0.5) is 5.69 Å². The molecule has 120 valence electrons. The molecular formula is C18H19NO4. The van der Waals surface area contributed by atoms with Gasteiger partial charge in [0.1, 0.15) is 6.26 Å². The van der Waals surface area contributed by atoms with Gasteiger partial charge in [-0.3, -0.25) is 4.79 Å². The number of furan rings is 1. The van der Waals surface area contributed by atoms with E-state index in [1.165, 1.54) is 11.6 Å². The summed E-state index contributed by atoms with van der Waals surface area (Å²) in [6.45, 7) is 4.84. The molecule has 3 rings (SSSR count). The molecule has 0 bridgehead atoms. The van der Waals surface area contributed by atoms with Crippen LogP contribution in [0.5, 0.6) is 0 Å². The number of rotatable bonds is 4. The molecule has 0 radical (unpaired) electrons. The van der Waals surface area contributed by atoms with Crippen LogP contribution in [0, 0.1) is 0 Å². The van der Waals surface area contributed by atoms with Gasteiger partial charge in [0, 0.05) is 23.7 Å². The van der Waals surface area contributed by atoms with E-state index in [1.807, 2.05) is 18.2 Å². The molecule has 2 heterocycles. The average Bonchev–Trinajstić information content (AvgIpc) is 3.18. The number of nitrogens with zero attached hydrogens (tertiary/aromatic N) is 1. The maximum Gasteiger partial charge on any atom is 0.338 e. The van der Waals surface area contributed by atoms with Gasteiger partial charge in [0.2, 0.25) is 0 Å². The minimum atomic E-state index is -1.11. The highest BCUT2D eigenvalue weighted by molar-refractivity contribution is 6.07. The highest BCUT2D eigenvalue weighted by Crippen LogP contribution is 2.45. The van der Waals surface area contributed by atoms with E-state index in [4.69, 9.17) is 9.52 Å². The number of fused-ring (bicyclic) bond motifs is 1. The normalized spacial score (nSPS) is 15.5. The summed E-state index contributed by atoms with van der Waals surface area (Å²) in [5.74, 6) is -1.35. The highest BCUT2D eigenvalue weighted by Gasteiger charge is 2.42. The van der Waals surface area contributed by atoms with Crippen molar-refractivity contribution in [2.45, 2.75) is 32.1 Å². The second-order valence-corrected chi connectivity index (χ2v) is 5.90. The third-order valence-corrected chi connectivity index (χ3v) is 4.88. The second-order valence-electron chi connectivity index (χ2n) is 5.90. The standard InChI is InChI=1S/C18H19NO4/c1-3-18(4-2)11-19(14-8-6-5-7-13(14)18)16(20)15-9-12(10-23-15)17(21)22/h5-10H,3-4,11H2,1-2H3,(H,21,22). The number of carbonyl (C=O) groups is 2. The molecule has 1 aromatic heterocycles. The average molecular weight is 313 g/mol. The summed E-state index contributed by atoms with van der Waals surface area (Å²) in [7, 11) is 0. The number of carboxylic acid groups (broad SMARTS) is 1. The van der Waals surface area contributed by atoms with Gasteiger partial charge in [-0.15, -0.1) is 0 Å². The fourth-order valence-corrected chi connectivity index (χ4v) is 3.36. The number of para-hydroxylation sites is 1. The summed E-state index contributed by atoms with van der Waals surface area (Å²) in [5.41, 5.74) is 1.98. The summed E-state index contributed by atoms with van der Waals surface area (Å²) in [5, 5.41) is 8.98. The van der Waals surface area contributed by atoms with Gasteiger partial charge < -0.3 is 14.4 Å². The summed E-state index contributed by atoms with van der Waals surface area (Å²) < 4.78 is 5.18. The Morgan fingerprint density at radius 3 is 2.57 bits per heavy atom. The lowest BCUT2D eigenvalue weighted by atomic mass is 9.78. The van der Waals surface area contributed by atoms with Gasteiger partial charge >= 0.3 is 5.97 Å². The van der Waals surface area contributed by atoms with Crippen molar-refractivity contribution in [2.75, 3.05) is 11.4 Å². The Labute approximate surface area is 134 Å². The van der Waals surface area contributed by atoms with Crippen LogP contribution in [0.3, 0.4) is 0 Å². The van der Waals surface area contributed by atoms with E-state index in [2.05, 4.69) is 19.9 Å². The molecule has 1 aliphatic rings. The Balaban J connectivity index is 2.00. The van der Waals surface area contributed by atoms with Crippen LogP contribution < -0.4 is 4.90 Å². The third kappa shape index (κ3) is 2.32. The molecule has 0 atom stereocenters. The Hall–Kier alpha value is -2.56. The second kappa shape index (κ2) is 5.57. The van der Waals surface area contributed by atoms with Gasteiger partial charge in [0.15, 0.2) is 5.76 Å². The number of carboxylic acids is 1. The van der Waals surface area contributed by atoms with Crippen LogP contribution in [-0.2, 0) is 5.41 Å². The molecule has 1 N–H and O–H groups in total. The maximum absolute atomic E-state index is 12.8. The van der Waals surface area contributed by atoms with Crippen molar-refractivity contribution in [1.82, 2.24) is 0 Å². The molecule has 1 aliphatic heterocycles. The van der Waals surface area contributed by atoms with E-state index in [9.17, 15) is 9.59 Å². The van der Waals surface area contributed by atoms with Gasteiger partial charge in [-0.25, -0.2) is 4.79 Å². The quantitative estimate of drug-likeness (QED) is 0.934. The molecule has 1 aromatic carbocycles. The van der Waals surface area contributed by atoms with E-state index in [0.29, 0.717) is 6.54 Å². The van der Waals surface area contributed by atoms with Crippen molar-refractivity contribution in [3.05, 3.63) is 53.5 Å². The van der Waals surface area contributed by atoms with Crippen molar-refractivity contribution in [1.29, 1.82) is 0 Å². The molecule has 2 aromatic rings. The number of hydrogen-bond acceptors (Lipinski definition) is 3. The summed E-state index contributed by atoms with van der Waals surface area (Å²) in [6.07, 6.45) is 2.97. The van der Waals surface area contributed by atoms with E-state index < -0.39 is 5.97 Å². The molecule has 0 saturated carbocycles. The molecule has 5 nitrogen and oxygen atoms in total. The number of benzene rings is 1. The lowest BCUT2D eigenvalue weighted by molar-refractivity contribution is 0.0696. The maximum atomic E-state index is 12.8. The van der Waals surface area contributed by atoms with Gasteiger partial charge in [0.05, 0.1) is 5.56 Å². The molecule has 0 saturated heterocycles. The SMILES string of the molecule is CCC1(CC)CN(C(=O)c2cc(C(=O)O)co2)c2ccccc21. The predicted molar refractivity (Wildman–Crippen MR) is 86.0 cm³/mol. The topological polar surface area (TPSA) is 70.8 Å². The first-order valence-electron chi connectivity index (χ1n) is 7.75. The lowest BCUT2D eigenvalue weighted by Crippen LogP contribution is -2.36. The van der Waals surface area contributed by atoms with Crippen LogP contribution in [0.15, 0.2) is 41.0 Å². The van der Waals surface area contributed by atoms with Crippen molar-refractivity contribution in [2.24, 2.45) is 0 Å².